The van der Waals surface area contributed by atoms with E-state index in [-0.39, 0.29) is 12.1 Å². The highest BCUT2D eigenvalue weighted by Crippen LogP contribution is 2.32. The van der Waals surface area contributed by atoms with Gasteiger partial charge in [0.25, 0.3) is 0 Å². The van der Waals surface area contributed by atoms with Crippen LogP contribution in [0.25, 0.3) is 0 Å². The first-order valence-electron chi connectivity index (χ1n) is 5.73. The molecule has 0 bridgehead atoms. The van der Waals surface area contributed by atoms with Crippen molar-refractivity contribution >= 4 is 0 Å². The summed E-state index contributed by atoms with van der Waals surface area (Å²) in [5, 5.41) is 9.18. The fraction of sp³-hybridized carbons (Fsp3) is 1.00. The van der Waals surface area contributed by atoms with E-state index in [2.05, 4.69) is 0 Å². The van der Waals surface area contributed by atoms with Crippen molar-refractivity contribution < 1.29 is 9.84 Å². The van der Waals surface area contributed by atoms with Crippen molar-refractivity contribution in [3.05, 3.63) is 0 Å². The van der Waals surface area contributed by atoms with Crippen LogP contribution >= 0.6 is 0 Å². The van der Waals surface area contributed by atoms with Gasteiger partial charge in [0.2, 0.25) is 0 Å². The second-order valence-electron chi connectivity index (χ2n) is 5.02. The minimum absolute atomic E-state index is 0.0935. The van der Waals surface area contributed by atoms with Crippen LogP contribution in [0.3, 0.4) is 0 Å². The van der Waals surface area contributed by atoms with Gasteiger partial charge in [-0.15, -0.1) is 0 Å². The van der Waals surface area contributed by atoms with E-state index in [1.54, 1.807) is 0 Å². The summed E-state index contributed by atoms with van der Waals surface area (Å²) >= 11 is 0. The zero-order valence-electron chi connectivity index (χ0n) is 8.74. The third kappa shape index (κ3) is 2.69. The molecule has 2 atom stereocenters. The van der Waals surface area contributed by atoms with E-state index in [9.17, 15) is 5.11 Å². The number of ether oxygens (including phenoxy) is 1. The molecule has 0 aromatic carbocycles. The lowest BCUT2D eigenvalue weighted by molar-refractivity contribution is -0.00974. The van der Waals surface area contributed by atoms with Crippen LogP contribution in [0.1, 0.15) is 38.5 Å². The molecule has 2 unspecified atom stereocenters. The lowest BCUT2D eigenvalue weighted by Crippen LogP contribution is -2.49. The summed E-state index contributed by atoms with van der Waals surface area (Å²) in [6.07, 6.45) is 6.93. The van der Waals surface area contributed by atoms with Crippen LogP contribution in [-0.4, -0.2) is 30.0 Å². The fourth-order valence-corrected chi connectivity index (χ4v) is 2.18. The van der Waals surface area contributed by atoms with Crippen molar-refractivity contribution in [2.75, 3.05) is 13.2 Å². The van der Waals surface area contributed by atoms with Crippen molar-refractivity contribution in [2.24, 2.45) is 11.7 Å². The van der Waals surface area contributed by atoms with E-state index in [1.807, 2.05) is 0 Å². The van der Waals surface area contributed by atoms with Crippen LogP contribution in [-0.2, 0) is 4.74 Å². The first-order valence-corrected chi connectivity index (χ1v) is 5.73. The largest absolute Gasteiger partial charge is 0.394 e. The summed E-state index contributed by atoms with van der Waals surface area (Å²) in [6, 6.07) is 0. The molecule has 2 fully saturated rings. The van der Waals surface area contributed by atoms with Gasteiger partial charge in [0.1, 0.15) is 0 Å². The van der Waals surface area contributed by atoms with Gasteiger partial charge in [-0.3, -0.25) is 0 Å². The molecule has 0 radical (unpaired) electrons. The molecule has 0 heterocycles. The molecular weight excluding hydrogens is 178 g/mol. The van der Waals surface area contributed by atoms with Crippen LogP contribution < -0.4 is 5.73 Å². The molecule has 0 aromatic heterocycles. The van der Waals surface area contributed by atoms with Gasteiger partial charge in [-0.2, -0.15) is 0 Å². The van der Waals surface area contributed by atoms with E-state index in [1.165, 1.54) is 12.8 Å². The van der Waals surface area contributed by atoms with Gasteiger partial charge in [0, 0.05) is 12.1 Å². The molecule has 2 rings (SSSR count). The minimum Gasteiger partial charge on any atom is -0.394 e. The zero-order chi connectivity index (χ0) is 10.0. The van der Waals surface area contributed by atoms with Gasteiger partial charge in [-0.05, 0) is 44.4 Å². The number of aliphatic hydroxyl groups is 1. The van der Waals surface area contributed by atoms with E-state index < -0.39 is 0 Å². The molecule has 2 saturated carbocycles. The van der Waals surface area contributed by atoms with Gasteiger partial charge in [-0.1, -0.05) is 0 Å². The van der Waals surface area contributed by atoms with Gasteiger partial charge in [0.05, 0.1) is 12.7 Å². The molecule has 0 aromatic rings. The molecule has 14 heavy (non-hydrogen) atoms. The van der Waals surface area contributed by atoms with E-state index in [0.717, 1.165) is 38.2 Å². The number of aliphatic hydroxyl groups excluding tert-OH is 1. The predicted molar refractivity (Wildman–Crippen MR) is 54.9 cm³/mol. The molecule has 0 aliphatic heterocycles. The summed E-state index contributed by atoms with van der Waals surface area (Å²) in [4.78, 5) is 0. The summed E-state index contributed by atoms with van der Waals surface area (Å²) in [7, 11) is 0. The first kappa shape index (κ1) is 10.4. The molecule has 2 aliphatic rings. The van der Waals surface area contributed by atoms with Gasteiger partial charge < -0.3 is 15.6 Å². The number of nitrogens with two attached hydrogens (primary N) is 1. The van der Waals surface area contributed by atoms with Crippen LogP contribution in [0.4, 0.5) is 0 Å². The summed E-state index contributed by atoms with van der Waals surface area (Å²) < 4.78 is 5.81. The van der Waals surface area contributed by atoms with Crippen LogP contribution in [0.15, 0.2) is 0 Å². The number of hydrogen-bond donors (Lipinski definition) is 2. The van der Waals surface area contributed by atoms with E-state index >= 15 is 0 Å². The quantitative estimate of drug-likeness (QED) is 0.711. The Labute approximate surface area is 85.6 Å². The van der Waals surface area contributed by atoms with Gasteiger partial charge in [-0.25, -0.2) is 0 Å². The Morgan fingerprint density at radius 3 is 2.79 bits per heavy atom. The predicted octanol–water partition coefficient (Wildman–Crippen LogP) is 1.05. The summed E-state index contributed by atoms with van der Waals surface area (Å²) in [6.45, 7) is 1.00. The van der Waals surface area contributed by atoms with Crippen molar-refractivity contribution in [1.82, 2.24) is 0 Å². The summed E-state index contributed by atoms with van der Waals surface area (Å²) in [5.74, 6) is 0.818. The molecule has 0 spiro atoms. The van der Waals surface area contributed by atoms with Crippen molar-refractivity contribution in [2.45, 2.75) is 50.2 Å². The lowest BCUT2D eigenvalue weighted by atomic mass is 9.81. The van der Waals surface area contributed by atoms with E-state index in [0.29, 0.717) is 6.10 Å². The van der Waals surface area contributed by atoms with Gasteiger partial charge >= 0.3 is 0 Å². The molecule has 0 amide bonds. The normalized spacial score (nSPS) is 38.6. The van der Waals surface area contributed by atoms with Crippen LogP contribution in [0, 0.1) is 5.92 Å². The second-order valence-corrected chi connectivity index (χ2v) is 5.02. The number of hydrogen-bond acceptors (Lipinski definition) is 3. The summed E-state index contributed by atoms with van der Waals surface area (Å²) in [5.41, 5.74) is 5.67. The maximum Gasteiger partial charge on any atom is 0.0612 e. The molecule has 3 nitrogen and oxygen atoms in total. The van der Waals surface area contributed by atoms with Crippen molar-refractivity contribution in [1.29, 1.82) is 0 Å². The molecule has 2 aliphatic carbocycles. The zero-order valence-corrected chi connectivity index (χ0v) is 8.74. The first-order chi connectivity index (χ1) is 6.72. The third-order valence-corrected chi connectivity index (χ3v) is 3.41. The monoisotopic (exact) mass is 199 g/mol. The lowest BCUT2D eigenvalue weighted by Gasteiger charge is -2.36. The van der Waals surface area contributed by atoms with Gasteiger partial charge in [0.15, 0.2) is 0 Å². The second kappa shape index (κ2) is 4.17. The Hall–Kier alpha value is -0.120. The highest BCUT2D eigenvalue weighted by Gasteiger charge is 2.33. The Morgan fingerprint density at radius 1 is 1.36 bits per heavy atom. The minimum atomic E-state index is -0.369. The van der Waals surface area contributed by atoms with Crippen LogP contribution in [0.5, 0.6) is 0 Å². The molecule has 3 heteroatoms. The van der Waals surface area contributed by atoms with Crippen molar-refractivity contribution in [3.8, 4) is 0 Å². The molecule has 3 N–H and O–H groups in total. The van der Waals surface area contributed by atoms with E-state index in [4.69, 9.17) is 10.5 Å². The number of rotatable bonds is 4. The highest BCUT2D eigenvalue weighted by molar-refractivity contribution is 4.91. The molecular formula is C11H21NO2. The highest BCUT2D eigenvalue weighted by atomic mass is 16.5. The van der Waals surface area contributed by atoms with Crippen molar-refractivity contribution in [3.63, 3.8) is 0 Å². The average molecular weight is 199 g/mol. The smallest absolute Gasteiger partial charge is 0.0612 e. The maximum absolute atomic E-state index is 9.18. The Bertz CT molecular complexity index is 194. The Balaban J connectivity index is 1.74. The van der Waals surface area contributed by atoms with Crippen LogP contribution in [0.2, 0.25) is 0 Å². The Morgan fingerprint density at radius 2 is 2.14 bits per heavy atom. The average Bonchev–Trinajstić information content (AvgIpc) is 2.99. The standard InChI is InChI=1S/C11H21NO2/c12-11(8-13)5-1-2-10(6-11)14-7-9-3-4-9/h9-10,13H,1-8,12H2. The third-order valence-electron chi connectivity index (χ3n) is 3.41. The molecule has 0 saturated heterocycles. The fourth-order valence-electron chi connectivity index (χ4n) is 2.18. The maximum atomic E-state index is 9.18. The Kier molecular flexibility index (Phi) is 3.10. The molecule has 82 valence electrons. The SMILES string of the molecule is NC1(CO)CCCC(OCC2CC2)C1. The topological polar surface area (TPSA) is 55.5 Å².